The lowest BCUT2D eigenvalue weighted by molar-refractivity contribution is -0.384. The Kier molecular flexibility index (Phi) is 4.75. The van der Waals surface area contributed by atoms with Gasteiger partial charge in [-0.25, -0.2) is 8.42 Å². The Morgan fingerprint density at radius 3 is 2.43 bits per heavy atom. The first kappa shape index (κ1) is 16.6. The second-order valence-corrected chi connectivity index (χ2v) is 6.87. The van der Waals surface area contributed by atoms with E-state index in [0.29, 0.717) is 5.56 Å². The molecule has 0 saturated carbocycles. The SMILES string of the molecule is Cc1ccc([N+](=O)[O-])cc1NC(=O)CS(=O)(=O)c1ccccc1. The lowest BCUT2D eigenvalue weighted by Crippen LogP contribution is -2.23. The maximum Gasteiger partial charge on any atom is 0.271 e. The third-order valence-corrected chi connectivity index (χ3v) is 4.76. The van der Waals surface area contributed by atoms with E-state index >= 15 is 0 Å². The zero-order valence-electron chi connectivity index (χ0n) is 12.2. The molecule has 2 rings (SSSR count). The number of rotatable bonds is 5. The van der Waals surface area contributed by atoms with Gasteiger partial charge in [0.1, 0.15) is 5.75 Å². The van der Waals surface area contributed by atoms with Gasteiger partial charge in [0.15, 0.2) is 9.84 Å². The highest BCUT2D eigenvalue weighted by molar-refractivity contribution is 7.92. The number of nitro benzene ring substituents is 1. The van der Waals surface area contributed by atoms with Crippen LogP contribution in [0.15, 0.2) is 53.4 Å². The highest BCUT2D eigenvalue weighted by Gasteiger charge is 2.20. The summed E-state index contributed by atoms with van der Waals surface area (Å²) in [7, 11) is -3.76. The van der Waals surface area contributed by atoms with Gasteiger partial charge < -0.3 is 5.32 Å². The van der Waals surface area contributed by atoms with Crippen LogP contribution in [0.3, 0.4) is 0 Å². The number of nitro groups is 1. The minimum Gasteiger partial charge on any atom is -0.325 e. The van der Waals surface area contributed by atoms with Gasteiger partial charge in [0, 0.05) is 12.1 Å². The third-order valence-electron chi connectivity index (χ3n) is 3.13. The van der Waals surface area contributed by atoms with Crippen molar-refractivity contribution in [1.82, 2.24) is 0 Å². The Bertz CT molecular complexity index is 847. The molecule has 0 bridgehead atoms. The number of carbonyl (C=O) groups is 1. The molecule has 0 aliphatic heterocycles. The van der Waals surface area contributed by atoms with Crippen LogP contribution in [0.2, 0.25) is 0 Å². The summed E-state index contributed by atoms with van der Waals surface area (Å²) in [6.07, 6.45) is 0. The maximum atomic E-state index is 12.1. The summed E-state index contributed by atoms with van der Waals surface area (Å²) in [4.78, 5) is 22.2. The monoisotopic (exact) mass is 334 g/mol. The molecule has 0 aliphatic carbocycles. The summed E-state index contributed by atoms with van der Waals surface area (Å²) < 4.78 is 24.2. The zero-order valence-corrected chi connectivity index (χ0v) is 13.0. The van der Waals surface area contributed by atoms with E-state index in [4.69, 9.17) is 0 Å². The standard InChI is InChI=1S/C15H14N2O5S/c1-11-7-8-12(17(19)20)9-14(11)16-15(18)10-23(21,22)13-5-3-2-4-6-13/h2-9H,10H2,1H3,(H,16,18). The lowest BCUT2D eigenvalue weighted by Gasteiger charge is -2.09. The highest BCUT2D eigenvalue weighted by Crippen LogP contribution is 2.22. The molecule has 0 radical (unpaired) electrons. The fourth-order valence-electron chi connectivity index (χ4n) is 1.93. The van der Waals surface area contributed by atoms with Crippen LogP contribution in [-0.2, 0) is 14.6 Å². The van der Waals surface area contributed by atoms with Crippen LogP contribution in [0.25, 0.3) is 0 Å². The smallest absolute Gasteiger partial charge is 0.271 e. The van der Waals surface area contributed by atoms with Crippen LogP contribution in [0.1, 0.15) is 5.56 Å². The fraction of sp³-hybridized carbons (Fsp3) is 0.133. The van der Waals surface area contributed by atoms with Crippen LogP contribution < -0.4 is 5.32 Å². The van der Waals surface area contributed by atoms with E-state index in [1.54, 1.807) is 25.1 Å². The predicted molar refractivity (Wildman–Crippen MR) is 85.0 cm³/mol. The van der Waals surface area contributed by atoms with Crippen molar-refractivity contribution in [3.8, 4) is 0 Å². The van der Waals surface area contributed by atoms with Crippen molar-refractivity contribution in [1.29, 1.82) is 0 Å². The van der Waals surface area contributed by atoms with Gasteiger partial charge in [0.25, 0.3) is 5.69 Å². The highest BCUT2D eigenvalue weighted by atomic mass is 32.2. The van der Waals surface area contributed by atoms with Gasteiger partial charge in [-0.3, -0.25) is 14.9 Å². The Balaban J connectivity index is 2.17. The van der Waals surface area contributed by atoms with E-state index in [9.17, 15) is 23.3 Å². The molecule has 0 fully saturated rings. The largest absolute Gasteiger partial charge is 0.325 e. The van der Waals surface area contributed by atoms with E-state index < -0.39 is 26.4 Å². The molecule has 1 amide bonds. The summed E-state index contributed by atoms with van der Waals surface area (Å²) in [6.45, 7) is 1.66. The zero-order chi connectivity index (χ0) is 17.0. The number of anilines is 1. The molecule has 0 saturated heterocycles. The summed E-state index contributed by atoms with van der Waals surface area (Å²) in [5.41, 5.74) is 0.630. The van der Waals surface area contributed by atoms with Crippen molar-refractivity contribution in [3.63, 3.8) is 0 Å². The Morgan fingerprint density at radius 1 is 1.17 bits per heavy atom. The number of non-ortho nitro benzene ring substituents is 1. The van der Waals surface area contributed by atoms with E-state index in [0.717, 1.165) is 0 Å². The lowest BCUT2D eigenvalue weighted by atomic mass is 10.2. The van der Waals surface area contributed by atoms with E-state index in [2.05, 4.69) is 5.32 Å². The number of carbonyl (C=O) groups excluding carboxylic acids is 1. The van der Waals surface area contributed by atoms with Gasteiger partial charge in [-0.1, -0.05) is 24.3 Å². The first-order valence-corrected chi connectivity index (χ1v) is 8.27. The Morgan fingerprint density at radius 2 is 1.83 bits per heavy atom. The van der Waals surface area contributed by atoms with E-state index in [1.165, 1.54) is 30.3 Å². The number of amides is 1. The molecule has 1 N–H and O–H groups in total. The van der Waals surface area contributed by atoms with Crippen molar-refractivity contribution in [3.05, 3.63) is 64.2 Å². The molecule has 0 aliphatic rings. The van der Waals surface area contributed by atoms with E-state index in [-0.39, 0.29) is 16.3 Å². The van der Waals surface area contributed by atoms with Gasteiger partial charge in [-0.2, -0.15) is 0 Å². The average molecular weight is 334 g/mol. The summed E-state index contributed by atoms with van der Waals surface area (Å²) in [5, 5.41) is 13.2. The van der Waals surface area contributed by atoms with Crippen LogP contribution in [-0.4, -0.2) is 25.0 Å². The molecule has 0 atom stereocenters. The molecule has 0 spiro atoms. The minimum atomic E-state index is -3.76. The van der Waals surface area contributed by atoms with Crippen molar-refractivity contribution >= 4 is 27.1 Å². The molecule has 120 valence electrons. The molecule has 23 heavy (non-hydrogen) atoms. The molecule has 0 unspecified atom stereocenters. The number of nitrogens with zero attached hydrogens (tertiary/aromatic N) is 1. The second-order valence-electron chi connectivity index (χ2n) is 4.88. The molecule has 2 aromatic rings. The average Bonchev–Trinajstić information content (AvgIpc) is 2.49. The summed E-state index contributed by atoms with van der Waals surface area (Å²) in [5.74, 6) is -1.49. The Labute approximate surface area is 133 Å². The molecule has 0 heterocycles. The van der Waals surface area contributed by atoms with Gasteiger partial charge in [0.05, 0.1) is 15.5 Å². The van der Waals surface area contributed by atoms with Crippen LogP contribution in [0.5, 0.6) is 0 Å². The van der Waals surface area contributed by atoms with Crippen molar-refractivity contribution in [2.75, 3.05) is 11.1 Å². The number of hydrogen-bond acceptors (Lipinski definition) is 5. The van der Waals surface area contributed by atoms with Crippen molar-refractivity contribution in [2.24, 2.45) is 0 Å². The normalized spacial score (nSPS) is 11.0. The van der Waals surface area contributed by atoms with Crippen molar-refractivity contribution < 1.29 is 18.1 Å². The van der Waals surface area contributed by atoms with E-state index in [1.807, 2.05) is 0 Å². The van der Waals surface area contributed by atoms with Gasteiger partial charge >= 0.3 is 0 Å². The van der Waals surface area contributed by atoms with Gasteiger partial charge in [0.2, 0.25) is 5.91 Å². The second kappa shape index (κ2) is 6.57. The van der Waals surface area contributed by atoms with Gasteiger partial charge in [-0.15, -0.1) is 0 Å². The third kappa shape index (κ3) is 4.13. The number of benzene rings is 2. The molecular formula is C15H14N2O5S. The molecule has 8 heteroatoms. The predicted octanol–water partition coefficient (Wildman–Crippen LogP) is 2.32. The maximum absolute atomic E-state index is 12.1. The van der Waals surface area contributed by atoms with Crippen LogP contribution >= 0.6 is 0 Å². The molecule has 2 aromatic carbocycles. The molecular weight excluding hydrogens is 320 g/mol. The van der Waals surface area contributed by atoms with Gasteiger partial charge in [-0.05, 0) is 24.6 Å². The molecule has 7 nitrogen and oxygen atoms in total. The Hall–Kier alpha value is -2.74. The first-order valence-electron chi connectivity index (χ1n) is 6.62. The quantitative estimate of drug-likeness (QED) is 0.667. The summed E-state index contributed by atoms with van der Waals surface area (Å²) in [6, 6.07) is 11.6. The minimum absolute atomic E-state index is 0.0471. The van der Waals surface area contributed by atoms with Crippen LogP contribution in [0, 0.1) is 17.0 Å². The number of aryl methyl sites for hydroxylation is 1. The van der Waals surface area contributed by atoms with Crippen molar-refractivity contribution in [2.45, 2.75) is 11.8 Å². The summed E-state index contributed by atoms with van der Waals surface area (Å²) >= 11 is 0. The van der Waals surface area contributed by atoms with Crippen LogP contribution in [0.4, 0.5) is 11.4 Å². The molecule has 0 aromatic heterocycles. The number of nitrogens with one attached hydrogen (secondary N) is 1. The number of sulfone groups is 1. The number of hydrogen-bond donors (Lipinski definition) is 1. The first-order chi connectivity index (χ1) is 10.8. The fourth-order valence-corrected chi connectivity index (χ4v) is 3.08. The topological polar surface area (TPSA) is 106 Å².